The number of hydrogen-bond donors (Lipinski definition) is 2. The Bertz CT molecular complexity index is 958. The van der Waals surface area contributed by atoms with Crippen LogP contribution in [-0.4, -0.2) is 27.8 Å². The molecule has 1 aliphatic rings. The molecule has 0 bridgehead atoms. The Balaban J connectivity index is 1.48. The van der Waals surface area contributed by atoms with Crippen molar-refractivity contribution in [3.05, 3.63) is 77.4 Å². The highest BCUT2D eigenvalue weighted by Crippen LogP contribution is 2.44. The van der Waals surface area contributed by atoms with Gasteiger partial charge in [-0.1, -0.05) is 48.5 Å². The first-order valence-electron chi connectivity index (χ1n) is 8.72. The van der Waals surface area contributed by atoms with E-state index >= 15 is 0 Å². The molecule has 2 N–H and O–H groups in total. The molecule has 0 atom stereocenters. The number of benzene rings is 2. The maximum absolute atomic E-state index is 12.3. The molecule has 0 spiro atoms. The third-order valence-corrected chi connectivity index (χ3v) is 4.75. The van der Waals surface area contributed by atoms with Crippen molar-refractivity contribution in [3.8, 4) is 11.1 Å². The van der Waals surface area contributed by atoms with Gasteiger partial charge >= 0.3 is 6.09 Å². The average molecular weight is 361 g/mol. The van der Waals surface area contributed by atoms with Crippen molar-refractivity contribution < 1.29 is 14.6 Å². The molecule has 3 aromatic rings. The number of ether oxygens (including phenoxy) is 1. The van der Waals surface area contributed by atoms with Crippen molar-refractivity contribution in [1.29, 1.82) is 0 Å². The molecule has 1 amide bonds. The van der Waals surface area contributed by atoms with Gasteiger partial charge in [0.15, 0.2) is 5.82 Å². The molecule has 0 saturated carbocycles. The summed E-state index contributed by atoms with van der Waals surface area (Å²) in [5.74, 6) is 0.322. The van der Waals surface area contributed by atoms with Gasteiger partial charge in [0, 0.05) is 5.92 Å². The largest absolute Gasteiger partial charge is 0.448 e. The topological polar surface area (TPSA) is 84.3 Å². The van der Waals surface area contributed by atoms with Crippen molar-refractivity contribution in [3.63, 3.8) is 0 Å². The number of aryl methyl sites for hydroxylation is 1. The predicted molar refractivity (Wildman–Crippen MR) is 101 cm³/mol. The van der Waals surface area contributed by atoms with Crippen LogP contribution in [0.15, 0.2) is 54.7 Å². The van der Waals surface area contributed by atoms with Crippen LogP contribution in [0.5, 0.6) is 0 Å². The van der Waals surface area contributed by atoms with Crippen LogP contribution >= 0.6 is 0 Å². The third-order valence-electron chi connectivity index (χ3n) is 4.75. The number of nitrogens with zero attached hydrogens (tertiary/aromatic N) is 2. The summed E-state index contributed by atoms with van der Waals surface area (Å²) in [6.07, 6.45) is 0.912. The lowest BCUT2D eigenvalue weighted by Gasteiger charge is -2.15. The van der Waals surface area contributed by atoms with Gasteiger partial charge in [-0.05, 0) is 29.2 Å². The minimum absolute atomic E-state index is 0.0114. The predicted octanol–water partition coefficient (Wildman–Crippen LogP) is 3.64. The van der Waals surface area contributed by atoms with Crippen molar-refractivity contribution in [2.24, 2.45) is 0 Å². The van der Waals surface area contributed by atoms with Gasteiger partial charge in [-0.15, -0.1) is 0 Å². The molecule has 4 rings (SSSR count). The maximum atomic E-state index is 12.3. The minimum atomic E-state index is -0.555. The van der Waals surface area contributed by atoms with Crippen LogP contribution in [0.2, 0.25) is 0 Å². The van der Waals surface area contributed by atoms with Gasteiger partial charge in [0.2, 0.25) is 0 Å². The number of aliphatic hydroxyl groups excluding tert-OH is 1. The lowest BCUT2D eigenvalue weighted by molar-refractivity contribution is 0.158. The van der Waals surface area contributed by atoms with E-state index in [1.165, 1.54) is 28.5 Å². The summed E-state index contributed by atoms with van der Waals surface area (Å²) in [5.41, 5.74) is 5.74. The number of carbonyl (C=O) groups is 1. The average Bonchev–Trinajstić information content (AvgIpc) is 3.02. The molecule has 0 saturated heterocycles. The SMILES string of the molecule is Cc1nc(CO)ncc1NC(=O)OCC1c2ccccc2-c2ccccc21. The summed E-state index contributed by atoms with van der Waals surface area (Å²) < 4.78 is 5.50. The van der Waals surface area contributed by atoms with E-state index in [2.05, 4.69) is 39.6 Å². The number of hydrogen-bond acceptors (Lipinski definition) is 5. The number of amides is 1. The Hall–Kier alpha value is -3.25. The number of aliphatic hydroxyl groups is 1. The first-order valence-corrected chi connectivity index (χ1v) is 8.72. The minimum Gasteiger partial charge on any atom is -0.448 e. The molecule has 6 heteroatoms. The normalized spacial score (nSPS) is 12.4. The highest BCUT2D eigenvalue weighted by molar-refractivity contribution is 5.85. The van der Waals surface area contributed by atoms with Gasteiger partial charge in [0.1, 0.15) is 13.2 Å². The Kier molecular flexibility index (Phi) is 4.56. The zero-order valence-electron chi connectivity index (χ0n) is 14.8. The molecule has 27 heavy (non-hydrogen) atoms. The Morgan fingerprint density at radius 1 is 1.11 bits per heavy atom. The maximum Gasteiger partial charge on any atom is 0.411 e. The first-order chi connectivity index (χ1) is 13.2. The van der Waals surface area contributed by atoms with Crippen molar-refractivity contribution >= 4 is 11.8 Å². The third kappa shape index (κ3) is 3.27. The van der Waals surface area contributed by atoms with E-state index in [0.717, 1.165) is 0 Å². The number of anilines is 1. The van der Waals surface area contributed by atoms with Crippen LogP contribution in [0.1, 0.15) is 28.6 Å². The van der Waals surface area contributed by atoms with Crippen molar-refractivity contribution in [2.75, 3.05) is 11.9 Å². The lowest BCUT2D eigenvalue weighted by atomic mass is 9.98. The number of rotatable bonds is 4. The quantitative estimate of drug-likeness (QED) is 0.741. The molecular formula is C21H19N3O3. The fourth-order valence-electron chi connectivity index (χ4n) is 3.46. The van der Waals surface area contributed by atoms with E-state index in [9.17, 15) is 4.79 Å². The van der Waals surface area contributed by atoms with E-state index in [4.69, 9.17) is 9.84 Å². The molecule has 1 aliphatic carbocycles. The van der Waals surface area contributed by atoms with E-state index in [1.54, 1.807) is 6.92 Å². The van der Waals surface area contributed by atoms with Gasteiger partial charge in [0.05, 0.1) is 17.6 Å². The standard InChI is InChI=1S/C21H19N3O3/c1-13-19(10-22-20(11-25)23-13)24-21(26)27-12-18-16-8-4-2-6-14(16)15-7-3-5-9-17(15)18/h2-10,18,25H,11-12H2,1H3,(H,24,26). The van der Waals surface area contributed by atoms with Gasteiger partial charge in [-0.3, -0.25) is 5.32 Å². The first kappa shape index (κ1) is 17.2. The number of aromatic nitrogens is 2. The smallest absolute Gasteiger partial charge is 0.411 e. The summed E-state index contributed by atoms with van der Waals surface area (Å²) in [7, 11) is 0. The second kappa shape index (κ2) is 7.17. The second-order valence-corrected chi connectivity index (χ2v) is 6.39. The number of fused-ring (bicyclic) bond motifs is 3. The van der Waals surface area contributed by atoms with Crippen molar-refractivity contribution in [2.45, 2.75) is 19.4 Å². The molecule has 136 valence electrons. The molecule has 2 aromatic carbocycles. The van der Waals surface area contributed by atoms with E-state index in [1.807, 2.05) is 24.3 Å². The molecule has 0 aliphatic heterocycles. The highest BCUT2D eigenvalue weighted by atomic mass is 16.5. The van der Waals surface area contributed by atoms with Crippen LogP contribution < -0.4 is 5.32 Å². The van der Waals surface area contributed by atoms with E-state index in [-0.39, 0.29) is 19.1 Å². The summed E-state index contributed by atoms with van der Waals surface area (Å²) in [6.45, 7) is 1.74. The highest BCUT2D eigenvalue weighted by Gasteiger charge is 2.29. The lowest BCUT2D eigenvalue weighted by Crippen LogP contribution is -2.19. The Morgan fingerprint density at radius 3 is 2.33 bits per heavy atom. The fraction of sp³-hybridized carbons (Fsp3) is 0.190. The molecule has 0 radical (unpaired) electrons. The Morgan fingerprint density at radius 2 is 1.74 bits per heavy atom. The van der Waals surface area contributed by atoms with Gasteiger partial charge in [-0.2, -0.15) is 0 Å². The molecule has 6 nitrogen and oxygen atoms in total. The van der Waals surface area contributed by atoms with Crippen LogP contribution in [0.4, 0.5) is 10.5 Å². The van der Waals surface area contributed by atoms with Gasteiger partial charge < -0.3 is 9.84 Å². The molecular weight excluding hydrogens is 342 g/mol. The summed E-state index contributed by atoms with van der Waals surface area (Å²) >= 11 is 0. The van der Waals surface area contributed by atoms with Gasteiger partial charge in [0.25, 0.3) is 0 Å². The molecule has 1 heterocycles. The zero-order chi connectivity index (χ0) is 18.8. The van der Waals surface area contributed by atoms with Crippen LogP contribution in [0.3, 0.4) is 0 Å². The van der Waals surface area contributed by atoms with Gasteiger partial charge in [-0.25, -0.2) is 14.8 Å². The summed E-state index contributed by atoms with van der Waals surface area (Å²) in [6, 6.07) is 16.4. The monoisotopic (exact) mass is 361 g/mol. The number of carbonyl (C=O) groups excluding carboxylic acids is 1. The number of nitrogens with one attached hydrogen (secondary N) is 1. The Labute approximate surface area is 156 Å². The van der Waals surface area contributed by atoms with Crippen LogP contribution in [0, 0.1) is 6.92 Å². The van der Waals surface area contributed by atoms with Crippen LogP contribution in [0.25, 0.3) is 11.1 Å². The van der Waals surface area contributed by atoms with E-state index in [0.29, 0.717) is 17.2 Å². The zero-order valence-corrected chi connectivity index (χ0v) is 14.8. The van der Waals surface area contributed by atoms with Crippen LogP contribution in [-0.2, 0) is 11.3 Å². The summed E-state index contributed by atoms with van der Waals surface area (Å²) in [5, 5.41) is 11.7. The summed E-state index contributed by atoms with van der Waals surface area (Å²) in [4.78, 5) is 20.3. The second-order valence-electron chi connectivity index (χ2n) is 6.39. The molecule has 1 aromatic heterocycles. The van der Waals surface area contributed by atoms with E-state index < -0.39 is 6.09 Å². The van der Waals surface area contributed by atoms with Crippen molar-refractivity contribution in [1.82, 2.24) is 9.97 Å². The molecule has 0 unspecified atom stereocenters. The fourth-order valence-corrected chi connectivity index (χ4v) is 3.46. The molecule has 0 fully saturated rings.